The Labute approximate surface area is 97.3 Å². The molecule has 0 radical (unpaired) electrons. The van der Waals surface area contributed by atoms with Crippen molar-refractivity contribution in [3.8, 4) is 5.69 Å². The first kappa shape index (κ1) is 11.2. The van der Waals surface area contributed by atoms with E-state index in [1.54, 1.807) is 0 Å². The molecule has 0 amide bonds. The lowest BCUT2D eigenvalue weighted by molar-refractivity contribution is 0.0690. The number of aromatic nitrogens is 2. The molecule has 0 aliphatic heterocycles. The highest BCUT2D eigenvalue weighted by Gasteiger charge is 2.11. The summed E-state index contributed by atoms with van der Waals surface area (Å²) in [6.07, 6.45) is 0. The van der Waals surface area contributed by atoms with E-state index in [1.165, 1.54) is 4.68 Å². The lowest BCUT2D eigenvalue weighted by atomic mass is 10.1. The van der Waals surface area contributed by atoms with Gasteiger partial charge in [-0.1, -0.05) is 12.1 Å². The first-order chi connectivity index (χ1) is 7.99. The number of aromatic carboxylic acids is 1. The lowest BCUT2D eigenvalue weighted by Crippen LogP contribution is -2.14. The number of rotatable bonds is 2. The van der Waals surface area contributed by atoms with Crippen LogP contribution in [0.2, 0.25) is 0 Å². The summed E-state index contributed by atoms with van der Waals surface area (Å²) in [5.41, 5.74) is 2.08. The average molecular weight is 232 g/mol. The highest BCUT2D eigenvalue weighted by atomic mass is 16.4. The molecule has 0 aliphatic carbocycles. The summed E-state index contributed by atoms with van der Waals surface area (Å²) in [5.74, 6) is -1.15. The predicted molar refractivity (Wildman–Crippen MR) is 62.8 cm³/mol. The first-order valence-corrected chi connectivity index (χ1v) is 5.12. The van der Waals surface area contributed by atoms with E-state index in [4.69, 9.17) is 5.11 Å². The molecule has 0 spiro atoms. The van der Waals surface area contributed by atoms with E-state index in [1.807, 2.05) is 32.0 Å². The van der Waals surface area contributed by atoms with Crippen molar-refractivity contribution >= 4 is 5.97 Å². The minimum Gasteiger partial charge on any atom is -0.477 e. The topological polar surface area (TPSA) is 75.1 Å². The molecule has 0 atom stereocenters. The molecule has 1 aromatic heterocycles. The zero-order chi connectivity index (χ0) is 12.6. The molecule has 5 heteroatoms. The third-order valence-corrected chi connectivity index (χ3v) is 2.56. The van der Waals surface area contributed by atoms with E-state index < -0.39 is 5.97 Å². The number of aromatic amines is 1. The van der Waals surface area contributed by atoms with E-state index in [0.717, 1.165) is 17.2 Å². The largest absolute Gasteiger partial charge is 0.477 e. The molecule has 0 aliphatic rings. The number of carbonyl (C=O) groups is 1. The van der Waals surface area contributed by atoms with Crippen LogP contribution >= 0.6 is 0 Å². The number of hydrogen-bond donors (Lipinski definition) is 2. The second-order valence-corrected chi connectivity index (χ2v) is 3.94. The Kier molecular flexibility index (Phi) is 2.59. The number of aryl methyl sites for hydroxylation is 2. The number of nitrogens with one attached hydrogen (secondary N) is 1. The van der Waals surface area contributed by atoms with Crippen LogP contribution in [0.25, 0.3) is 5.69 Å². The van der Waals surface area contributed by atoms with Gasteiger partial charge in [0.05, 0.1) is 5.69 Å². The second-order valence-electron chi connectivity index (χ2n) is 3.94. The number of carboxylic acids is 1. The van der Waals surface area contributed by atoms with E-state index >= 15 is 0 Å². The van der Waals surface area contributed by atoms with Crippen LogP contribution in [0.5, 0.6) is 0 Å². The Bertz CT molecular complexity index is 637. The molecule has 5 nitrogen and oxygen atoms in total. The number of benzene rings is 1. The maximum absolute atomic E-state index is 11.7. The van der Waals surface area contributed by atoms with Crippen LogP contribution in [0.15, 0.2) is 29.1 Å². The SMILES string of the molecule is Cc1ccc(C)c(-n2[nH]c(C(=O)O)cc2=O)c1. The van der Waals surface area contributed by atoms with Gasteiger partial charge in [-0.2, -0.15) is 0 Å². The molecule has 1 heterocycles. The summed E-state index contributed by atoms with van der Waals surface area (Å²) >= 11 is 0. The summed E-state index contributed by atoms with van der Waals surface area (Å²) in [5, 5.41) is 11.4. The first-order valence-electron chi connectivity index (χ1n) is 5.12. The van der Waals surface area contributed by atoms with Gasteiger partial charge in [-0.15, -0.1) is 0 Å². The van der Waals surface area contributed by atoms with E-state index in [9.17, 15) is 9.59 Å². The predicted octanol–water partition coefficient (Wildman–Crippen LogP) is 1.48. The zero-order valence-corrected chi connectivity index (χ0v) is 9.52. The fourth-order valence-electron chi connectivity index (χ4n) is 1.64. The minimum absolute atomic E-state index is 0.115. The van der Waals surface area contributed by atoms with Gasteiger partial charge in [-0.25, -0.2) is 9.48 Å². The van der Waals surface area contributed by atoms with Gasteiger partial charge in [-0.3, -0.25) is 9.89 Å². The zero-order valence-electron chi connectivity index (χ0n) is 9.52. The number of nitrogens with zero attached hydrogens (tertiary/aromatic N) is 1. The van der Waals surface area contributed by atoms with Crippen LogP contribution in [-0.4, -0.2) is 20.9 Å². The molecule has 0 bridgehead atoms. The van der Waals surface area contributed by atoms with Crippen molar-refractivity contribution in [1.82, 2.24) is 9.78 Å². The molecular formula is C12H12N2O3. The number of carboxylic acid groups (broad SMARTS) is 1. The maximum atomic E-state index is 11.7. The van der Waals surface area contributed by atoms with Gasteiger partial charge in [0.15, 0.2) is 0 Å². The van der Waals surface area contributed by atoms with Crippen LogP contribution in [0.1, 0.15) is 21.6 Å². The summed E-state index contributed by atoms with van der Waals surface area (Å²) in [6, 6.07) is 6.73. The van der Waals surface area contributed by atoms with E-state index in [-0.39, 0.29) is 11.3 Å². The van der Waals surface area contributed by atoms with Crippen LogP contribution in [0, 0.1) is 13.8 Å². The van der Waals surface area contributed by atoms with Crippen molar-refractivity contribution in [3.63, 3.8) is 0 Å². The Morgan fingerprint density at radius 3 is 2.59 bits per heavy atom. The third kappa shape index (κ3) is 1.99. The fraction of sp³-hybridized carbons (Fsp3) is 0.167. The lowest BCUT2D eigenvalue weighted by Gasteiger charge is -2.06. The summed E-state index contributed by atoms with van der Waals surface area (Å²) in [7, 11) is 0. The van der Waals surface area contributed by atoms with Gasteiger partial charge >= 0.3 is 5.97 Å². The molecule has 1 aromatic carbocycles. The standard InChI is InChI=1S/C12H12N2O3/c1-7-3-4-8(2)10(5-7)14-11(15)6-9(13-14)12(16)17/h3-6,13H,1-2H3,(H,16,17). The van der Waals surface area contributed by atoms with Gasteiger partial charge in [-0.05, 0) is 31.0 Å². The summed E-state index contributed by atoms with van der Waals surface area (Å²) < 4.78 is 1.24. The third-order valence-electron chi connectivity index (χ3n) is 2.56. The Balaban J connectivity index is 2.64. The van der Waals surface area contributed by atoms with Crippen molar-refractivity contribution in [3.05, 3.63) is 51.4 Å². The van der Waals surface area contributed by atoms with Crippen molar-refractivity contribution < 1.29 is 9.90 Å². The molecule has 2 rings (SSSR count). The van der Waals surface area contributed by atoms with Gasteiger partial charge in [0.2, 0.25) is 0 Å². The van der Waals surface area contributed by atoms with Crippen LogP contribution in [0.4, 0.5) is 0 Å². The molecular weight excluding hydrogens is 220 g/mol. The van der Waals surface area contributed by atoms with E-state index in [2.05, 4.69) is 5.10 Å². The average Bonchev–Trinajstić information content (AvgIpc) is 2.64. The van der Waals surface area contributed by atoms with Crippen LogP contribution in [-0.2, 0) is 0 Å². The van der Waals surface area contributed by atoms with Crippen molar-refractivity contribution in [2.75, 3.05) is 0 Å². The van der Waals surface area contributed by atoms with Crippen LogP contribution < -0.4 is 5.56 Å². The van der Waals surface area contributed by atoms with Gasteiger partial charge in [0, 0.05) is 6.07 Å². The van der Waals surface area contributed by atoms with Gasteiger partial charge < -0.3 is 5.11 Å². The molecule has 88 valence electrons. The summed E-state index contributed by atoms with van der Waals surface area (Å²) in [6.45, 7) is 3.78. The van der Waals surface area contributed by atoms with Gasteiger partial charge in [0.1, 0.15) is 5.69 Å². The van der Waals surface area contributed by atoms with Crippen molar-refractivity contribution in [2.24, 2.45) is 0 Å². The molecule has 0 saturated carbocycles. The van der Waals surface area contributed by atoms with Crippen molar-refractivity contribution in [2.45, 2.75) is 13.8 Å². The molecule has 2 aromatic rings. The Morgan fingerprint density at radius 1 is 1.29 bits per heavy atom. The van der Waals surface area contributed by atoms with E-state index in [0.29, 0.717) is 5.69 Å². The maximum Gasteiger partial charge on any atom is 0.353 e. The molecule has 0 saturated heterocycles. The molecule has 2 N–H and O–H groups in total. The number of hydrogen-bond acceptors (Lipinski definition) is 2. The molecule has 17 heavy (non-hydrogen) atoms. The number of H-pyrrole nitrogens is 1. The quantitative estimate of drug-likeness (QED) is 0.823. The molecule has 0 fully saturated rings. The second kappa shape index (κ2) is 3.93. The van der Waals surface area contributed by atoms with Crippen molar-refractivity contribution in [1.29, 1.82) is 0 Å². The highest BCUT2D eigenvalue weighted by Crippen LogP contribution is 2.13. The monoisotopic (exact) mass is 232 g/mol. The minimum atomic E-state index is -1.15. The Hall–Kier alpha value is -2.30. The normalized spacial score (nSPS) is 10.5. The van der Waals surface area contributed by atoms with Gasteiger partial charge in [0.25, 0.3) is 5.56 Å². The van der Waals surface area contributed by atoms with Crippen LogP contribution in [0.3, 0.4) is 0 Å². The Morgan fingerprint density at radius 2 is 2.00 bits per heavy atom. The smallest absolute Gasteiger partial charge is 0.353 e. The highest BCUT2D eigenvalue weighted by molar-refractivity contribution is 5.85. The summed E-state index contributed by atoms with van der Waals surface area (Å²) in [4.78, 5) is 22.4. The fourth-order valence-corrected chi connectivity index (χ4v) is 1.64. The molecule has 0 unspecified atom stereocenters.